The van der Waals surface area contributed by atoms with Crippen LogP contribution in [0.4, 0.5) is 0 Å². The van der Waals surface area contributed by atoms with E-state index in [9.17, 15) is 5.11 Å². The number of hydrogen-bond donors (Lipinski definition) is 1. The molecule has 2 rings (SSSR count). The topological polar surface area (TPSA) is 32.7 Å². The Labute approximate surface area is 142 Å². The van der Waals surface area contributed by atoms with Crippen LogP contribution in [0.1, 0.15) is 39.2 Å². The van der Waals surface area contributed by atoms with Crippen LogP contribution in [0.3, 0.4) is 0 Å². The monoisotopic (exact) mass is 335 g/mol. The second-order valence-corrected chi connectivity index (χ2v) is 13.1. The lowest BCUT2D eigenvalue weighted by Gasteiger charge is -2.38. The largest absolute Gasteiger partial charge is 0.413 e. The normalized spacial score (nSPS) is 23.4. The first-order chi connectivity index (χ1) is 10.7. The molecule has 0 bridgehead atoms. The average Bonchev–Trinajstić information content (AvgIpc) is 2.80. The van der Waals surface area contributed by atoms with Crippen molar-refractivity contribution in [3.63, 3.8) is 0 Å². The molecule has 0 aliphatic carbocycles. The van der Waals surface area contributed by atoms with Gasteiger partial charge in [-0.2, -0.15) is 0 Å². The fourth-order valence-electron chi connectivity index (χ4n) is 3.08. The lowest BCUT2D eigenvalue weighted by molar-refractivity contribution is 0.171. The highest BCUT2D eigenvalue weighted by atomic mass is 28.4. The van der Waals surface area contributed by atoms with Gasteiger partial charge in [0.25, 0.3) is 0 Å². The predicted octanol–water partition coefficient (Wildman–Crippen LogP) is 4.03. The molecule has 1 saturated heterocycles. The molecular formula is C19H33NO2Si. The quantitative estimate of drug-likeness (QED) is 0.797. The van der Waals surface area contributed by atoms with Crippen molar-refractivity contribution in [1.82, 2.24) is 4.90 Å². The lowest BCUT2D eigenvalue weighted by atomic mass is 10.1. The Morgan fingerprint density at radius 2 is 1.87 bits per heavy atom. The van der Waals surface area contributed by atoms with Crippen LogP contribution in [0.25, 0.3) is 0 Å². The molecule has 1 aromatic rings. The highest BCUT2D eigenvalue weighted by molar-refractivity contribution is 6.74. The maximum absolute atomic E-state index is 9.40. The summed E-state index contributed by atoms with van der Waals surface area (Å²) in [4.78, 5) is 2.49. The van der Waals surface area contributed by atoms with E-state index in [1.54, 1.807) is 0 Å². The Balaban J connectivity index is 2.03. The van der Waals surface area contributed by atoms with Crippen LogP contribution >= 0.6 is 0 Å². The van der Waals surface area contributed by atoms with Crippen molar-refractivity contribution in [2.24, 2.45) is 0 Å². The minimum atomic E-state index is -1.73. The Bertz CT molecular complexity index is 484. The summed E-state index contributed by atoms with van der Waals surface area (Å²) in [6, 6.07) is 11.0. The third-order valence-corrected chi connectivity index (χ3v) is 9.98. The molecule has 4 heteroatoms. The molecule has 23 heavy (non-hydrogen) atoms. The second-order valence-electron chi connectivity index (χ2n) is 8.32. The van der Waals surface area contributed by atoms with Crippen molar-refractivity contribution >= 4 is 8.32 Å². The van der Waals surface area contributed by atoms with Gasteiger partial charge in [0.1, 0.15) is 0 Å². The van der Waals surface area contributed by atoms with E-state index in [1.807, 2.05) is 0 Å². The standard InChI is InChI=1S/C19H33NO2Si/c1-19(2,3)23(4,5)22-18-13-17(11-12-21)20(15-18)14-16-9-7-6-8-10-16/h6-10,17-18,21H,11-15H2,1-5H3. The van der Waals surface area contributed by atoms with Crippen LogP contribution in [0.5, 0.6) is 0 Å². The molecule has 0 aromatic heterocycles. The molecule has 1 fully saturated rings. The Kier molecular flexibility index (Phi) is 6.06. The molecule has 2 atom stereocenters. The van der Waals surface area contributed by atoms with Gasteiger partial charge in [0, 0.05) is 25.7 Å². The van der Waals surface area contributed by atoms with Gasteiger partial charge in [-0.3, -0.25) is 4.90 Å². The zero-order valence-electron chi connectivity index (χ0n) is 15.4. The summed E-state index contributed by atoms with van der Waals surface area (Å²) < 4.78 is 6.62. The molecule has 130 valence electrons. The molecular weight excluding hydrogens is 302 g/mol. The molecule has 1 heterocycles. The lowest BCUT2D eigenvalue weighted by Crippen LogP contribution is -2.44. The van der Waals surface area contributed by atoms with Crippen LogP contribution in [0.15, 0.2) is 30.3 Å². The highest BCUT2D eigenvalue weighted by Gasteiger charge is 2.42. The van der Waals surface area contributed by atoms with Crippen molar-refractivity contribution in [1.29, 1.82) is 0 Å². The molecule has 0 radical (unpaired) electrons. The zero-order valence-corrected chi connectivity index (χ0v) is 16.4. The van der Waals surface area contributed by atoms with Crippen LogP contribution in [0.2, 0.25) is 18.1 Å². The van der Waals surface area contributed by atoms with Crippen molar-refractivity contribution in [2.45, 2.75) is 70.4 Å². The van der Waals surface area contributed by atoms with E-state index in [0.29, 0.717) is 12.1 Å². The number of aliphatic hydroxyl groups is 1. The number of rotatable bonds is 6. The van der Waals surface area contributed by atoms with Crippen LogP contribution in [-0.2, 0) is 11.0 Å². The molecule has 0 spiro atoms. The summed E-state index contributed by atoms with van der Waals surface area (Å²) in [5, 5.41) is 9.64. The first-order valence-corrected chi connectivity index (χ1v) is 11.7. The first-order valence-electron chi connectivity index (χ1n) is 8.79. The van der Waals surface area contributed by atoms with Gasteiger partial charge in [0.2, 0.25) is 0 Å². The smallest absolute Gasteiger partial charge is 0.192 e. The zero-order chi connectivity index (χ0) is 17.1. The maximum Gasteiger partial charge on any atom is 0.192 e. The maximum atomic E-state index is 9.40. The molecule has 0 saturated carbocycles. The Hall–Kier alpha value is -0.683. The third kappa shape index (κ3) is 4.89. The predicted molar refractivity (Wildman–Crippen MR) is 99.0 cm³/mol. The number of hydrogen-bond acceptors (Lipinski definition) is 3. The molecule has 3 nitrogen and oxygen atoms in total. The molecule has 1 N–H and O–H groups in total. The van der Waals surface area contributed by atoms with Gasteiger partial charge >= 0.3 is 0 Å². The molecule has 1 aromatic carbocycles. The van der Waals surface area contributed by atoms with E-state index in [1.165, 1.54) is 5.56 Å². The molecule has 0 amide bonds. The minimum Gasteiger partial charge on any atom is -0.413 e. The number of nitrogens with zero attached hydrogens (tertiary/aromatic N) is 1. The Morgan fingerprint density at radius 1 is 1.22 bits per heavy atom. The van der Waals surface area contributed by atoms with Gasteiger partial charge in [-0.15, -0.1) is 0 Å². The van der Waals surface area contributed by atoms with Gasteiger partial charge in [0.05, 0.1) is 6.10 Å². The van der Waals surface area contributed by atoms with E-state index in [4.69, 9.17) is 4.43 Å². The number of likely N-dealkylation sites (tertiary alicyclic amines) is 1. The van der Waals surface area contributed by atoms with Crippen LogP contribution in [-0.4, -0.2) is 43.6 Å². The minimum absolute atomic E-state index is 0.242. The van der Waals surface area contributed by atoms with E-state index in [0.717, 1.165) is 25.9 Å². The van der Waals surface area contributed by atoms with Crippen molar-refractivity contribution < 1.29 is 9.53 Å². The number of aliphatic hydroxyl groups excluding tert-OH is 1. The third-order valence-electron chi connectivity index (χ3n) is 5.45. The SMILES string of the molecule is CC(C)(C)[Si](C)(C)OC1CC(CCO)N(Cc2ccccc2)C1. The van der Waals surface area contributed by atoms with Crippen LogP contribution in [0, 0.1) is 0 Å². The molecule has 1 aliphatic rings. The fourth-order valence-corrected chi connectivity index (χ4v) is 4.44. The first kappa shape index (κ1) is 18.7. The van der Waals surface area contributed by atoms with Gasteiger partial charge in [-0.1, -0.05) is 51.1 Å². The van der Waals surface area contributed by atoms with E-state index in [-0.39, 0.29) is 11.6 Å². The fraction of sp³-hybridized carbons (Fsp3) is 0.684. The summed E-state index contributed by atoms with van der Waals surface area (Å²) >= 11 is 0. The summed E-state index contributed by atoms with van der Waals surface area (Å²) in [6.45, 7) is 13.7. The summed E-state index contributed by atoms with van der Waals surface area (Å²) in [5.41, 5.74) is 1.34. The van der Waals surface area contributed by atoms with E-state index >= 15 is 0 Å². The van der Waals surface area contributed by atoms with Crippen LogP contribution < -0.4 is 0 Å². The van der Waals surface area contributed by atoms with Gasteiger partial charge < -0.3 is 9.53 Å². The number of benzene rings is 1. The van der Waals surface area contributed by atoms with Crippen molar-refractivity contribution in [2.75, 3.05) is 13.2 Å². The summed E-state index contributed by atoms with van der Waals surface area (Å²) in [5.74, 6) is 0. The second kappa shape index (κ2) is 7.47. The van der Waals surface area contributed by atoms with Gasteiger partial charge in [-0.25, -0.2) is 0 Å². The summed E-state index contributed by atoms with van der Waals surface area (Å²) in [6.07, 6.45) is 2.18. The van der Waals surface area contributed by atoms with Crippen molar-refractivity contribution in [3.8, 4) is 0 Å². The van der Waals surface area contributed by atoms with E-state index in [2.05, 4.69) is 69.1 Å². The van der Waals surface area contributed by atoms with E-state index < -0.39 is 8.32 Å². The van der Waals surface area contributed by atoms with Gasteiger partial charge in [-0.05, 0) is 36.5 Å². The molecule has 2 unspecified atom stereocenters. The summed E-state index contributed by atoms with van der Waals surface area (Å²) in [7, 11) is -1.73. The highest BCUT2D eigenvalue weighted by Crippen LogP contribution is 2.39. The average molecular weight is 336 g/mol. The van der Waals surface area contributed by atoms with Gasteiger partial charge in [0.15, 0.2) is 8.32 Å². The van der Waals surface area contributed by atoms with Crippen molar-refractivity contribution in [3.05, 3.63) is 35.9 Å². The molecule has 1 aliphatic heterocycles. The Morgan fingerprint density at radius 3 is 2.43 bits per heavy atom.